The van der Waals surface area contributed by atoms with Gasteiger partial charge >= 0.3 is 6.18 Å². The van der Waals surface area contributed by atoms with E-state index in [2.05, 4.69) is 0 Å². The number of halogens is 5. The Hall–Kier alpha value is -3.86. The molecule has 1 atom stereocenters. The van der Waals surface area contributed by atoms with E-state index in [1.165, 1.54) is 24.3 Å². The summed E-state index contributed by atoms with van der Waals surface area (Å²) in [5.74, 6) is -1.22. The van der Waals surface area contributed by atoms with E-state index in [0.29, 0.717) is 5.69 Å². The number of para-hydroxylation sites is 1. The first-order valence-corrected chi connectivity index (χ1v) is 9.18. The van der Waals surface area contributed by atoms with Crippen molar-refractivity contribution in [1.82, 2.24) is 0 Å². The number of hydrogen-bond acceptors (Lipinski definition) is 3. The number of rotatable bonds is 3. The second-order valence-corrected chi connectivity index (χ2v) is 6.79. The highest BCUT2D eigenvalue weighted by molar-refractivity contribution is 5.89. The van der Waals surface area contributed by atoms with Crippen LogP contribution in [0.25, 0.3) is 5.57 Å². The smallest absolute Gasteiger partial charge is 0.263 e. The van der Waals surface area contributed by atoms with Gasteiger partial charge in [0.25, 0.3) is 0 Å². The summed E-state index contributed by atoms with van der Waals surface area (Å²) in [6.45, 7) is 0. The van der Waals surface area contributed by atoms with Gasteiger partial charge in [0.2, 0.25) is 0 Å². The van der Waals surface area contributed by atoms with Gasteiger partial charge in [-0.2, -0.15) is 18.4 Å². The van der Waals surface area contributed by atoms with Crippen molar-refractivity contribution >= 4 is 16.9 Å². The topological polar surface area (TPSA) is 30.3 Å². The minimum Gasteiger partial charge on any atom is -0.263 e. The zero-order valence-electron chi connectivity index (χ0n) is 15.8. The van der Waals surface area contributed by atoms with Gasteiger partial charge in [-0.3, -0.25) is 5.01 Å². The van der Waals surface area contributed by atoms with Crippen LogP contribution in [0.4, 0.5) is 33.3 Å². The maximum absolute atomic E-state index is 14.4. The molecule has 3 nitrogen and oxygen atoms in total. The highest BCUT2D eigenvalue weighted by Gasteiger charge is 2.54. The average Bonchev–Trinajstić information content (AvgIpc) is 3.11. The quantitative estimate of drug-likeness (QED) is 0.475. The van der Waals surface area contributed by atoms with Crippen LogP contribution in [-0.4, -0.2) is 12.2 Å². The first kappa shape index (κ1) is 20.4. The van der Waals surface area contributed by atoms with Crippen LogP contribution < -0.4 is 10.0 Å². The molecule has 0 saturated carbocycles. The maximum Gasteiger partial charge on any atom is 0.415 e. The Morgan fingerprint density at radius 3 is 1.81 bits per heavy atom. The number of hydrazine groups is 1. The second kappa shape index (κ2) is 7.76. The van der Waals surface area contributed by atoms with Gasteiger partial charge in [0.1, 0.15) is 23.4 Å². The molecule has 4 rings (SSSR count). The molecule has 31 heavy (non-hydrogen) atoms. The van der Waals surface area contributed by atoms with Crippen LogP contribution in [0.2, 0.25) is 0 Å². The van der Waals surface area contributed by atoms with Crippen LogP contribution in [0.15, 0.2) is 84.6 Å². The fraction of sp³-hybridized carbons (Fsp3) is 0.0870. The van der Waals surface area contributed by atoms with E-state index >= 15 is 0 Å². The molecular weight excluding hydrogens is 413 g/mol. The van der Waals surface area contributed by atoms with E-state index in [4.69, 9.17) is 0 Å². The van der Waals surface area contributed by atoms with E-state index in [9.17, 15) is 27.2 Å². The molecule has 0 N–H and O–H groups in total. The van der Waals surface area contributed by atoms with Crippen LogP contribution >= 0.6 is 0 Å². The summed E-state index contributed by atoms with van der Waals surface area (Å²) in [5, 5.41) is 12.0. The molecule has 1 unspecified atom stereocenters. The van der Waals surface area contributed by atoms with Gasteiger partial charge in [-0.25, -0.2) is 13.8 Å². The molecule has 1 heterocycles. The molecule has 0 amide bonds. The summed E-state index contributed by atoms with van der Waals surface area (Å²) in [5.41, 5.74) is -0.161. The fourth-order valence-electron chi connectivity index (χ4n) is 3.60. The predicted molar refractivity (Wildman–Crippen MR) is 107 cm³/mol. The number of hydrogen-bond donors (Lipinski definition) is 0. The molecule has 3 aromatic rings. The number of allylic oxidation sites excluding steroid dienone is 1. The van der Waals surface area contributed by atoms with Gasteiger partial charge < -0.3 is 0 Å². The van der Waals surface area contributed by atoms with E-state index in [-0.39, 0.29) is 22.5 Å². The van der Waals surface area contributed by atoms with Gasteiger partial charge in [0, 0.05) is 5.57 Å². The van der Waals surface area contributed by atoms with Crippen molar-refractivity contribution in [2.45, 2.75) is 12.2 Å². The maximum atomic E-state index is 14.4. The van der Waals surface area contributed by atoms with Crippen LogP contribution in [-0.2, 0) is 0 Å². The van der Waals surface area contributed by atoms with Crippen LogP contribution in [0.3, 0.4) is 0 Å². The molecule has 0 aromatic heterocycles. The number of alkyl halides is 3. The average molecular weight is 427 g/mol. The Labute approximate surface area is 174 Å². The molecule has 1 aliphatic heterocycles. The van der Waals surface area contributed by atoms with Crippen molar-refractivity contribution in [2.24, 2.45) is 0 Å². The molecule has 0 saturated heterocycles. The predicted octanol–water partition coefficient (Wildman–Crippen LogP) is 6.07. The number of nitrogens with zero attached hydrogens (tertiary/aromatic N) is 3. The van der Waals surface area contributed by atoms with Crippen molar-refractivity contribution in [3.8, 4) is 6.07 Å². The number of nitriles is 1. The van der Waals surface area contributed by atoms with Crippen LogP contribution in [0.5, 0.6) is 0 Å². The molecule has 1 aliphatic rings. The molecule has 3 aromatic carbocycles. The zero-order chi connectivity index (χ0) is 22.2. The van der Waals surface area contributed by atoms with Gasteiger partial charge in [0.15, 0.2) is 6.04 Å². The minimum atomic E-state index is -4.80. The van der Waals surface area contributed by atoms with Crippen molar-refractivity contribution < 1.29 is 22.0 Å². The normalized spacial score (nSPS) is 16.6. The number of benzene rings is 3. The second-order valence-electron chi connectivity index (χ2n) is 6.79. The van der Waals surface area contributed by atoms with Gasteiger partial charge in [-0.05, 0) is 54.1 Å². The molecule has 0 aliphatic carbocycles. The molecule has 0 fully saturated rings. The lowest BCUT2D eigenvalue weighted by molar-refractivity contribution is -0.134. The lowest BCUT2D eigenvalue weighted by Crippen LogP contribution is -2.50. The SMILES string of the molecule is N#CC1=C(c2ccc(F)cc2)C(C(F)(F)F)N(c2ccc(F)cc2)N1c1ccccc1. The van der Waals surface area contributed by atoms with Crippen molar-refractivity contribution in [2.75, 3.05) is 10.0 Å². The largest absolute Gasteiger partial charge is 0.415 e. The van der Waals surface area contributed by atoms with Crippen molar-refractivity contribution in [3.63, 3.8) is 0 Å². The molecule has 0 radical (unpaired) electrons. The molecule has 8 heteroatoms. The third-order valence-corrected chi connectivity index (χ3v) is 4.86. The Morgan fingerprint density at radius 2 is 1.29 bits per heavy atom. The van der Waals surface area contributed by atoms with Gasteiger partial charge in [0.05, 0.1) is 11.4 Å². The third kappa shape index (κ3) is 3.70. The van der Waals surface area contributed by atoms with Crippen molar-refractivity contribution in [3.05, 3.63) is 102 Å². The van der Waals surface area contributed by atoms with Gasteiger partial charge in [-0.1, -0.05) is 30.3 Å². The Bertz CT molecular complexity index is 1150. The molecule has 156 valence electrons. The summed E-state index contributed by atoms with van der Waals surface area (Å²) in [4.78, 5) is 0. The summed E-state index contributed by atoms with van der Waals surface area (Å²) < 4.78 is 70.2. The lowest BCUT2D eigenvalue weighted by atomic mass is 9.96. The Balaban J connectivity index is 2.01. The molecular formula is C23H14F5N3. The molecule has 0 spiro atoms. The van der Waals surface area contributed by atoms with E-state index in [1.54, 1.807) is 30.3 Å². The Kier molecular flexibility index (Phi) is 5.11. The van der Waals surface area contributed by atoms with E-state index < -0.39 is 23.9 Å². The summed E-state index contributed by atoms with van der Waals surface area (Å²) in [6, 6.07) is 16.7. The monoisotopic (exact) mass is 427 g/mol. The number of anilines is 2. The van der Waals surface area contributed by atoms with Crippen LogP contribution in [0.1, 0.15) is 5.56 Å². The zero-order valence-corrected chi connectivity index (χ0v) is 15.8. The van der Waals surface area contributed by atoms with E-state index in [0.717, 1.165) is 34.3 Å². The highest BCUT2D eigenvalue weighted by atomic mass is 19.4. The van der Waals surface area contributed by atoms with Crippen LogP contribution in [0, 0.1) is 23.0 Å². The molecule has 0 bridgehead atoms. The lowest BCUT2D eigenvalue weighted by Gasteiger charge is -2.37. The summed E-state index contributed by atoms with van der Waals surface area (Å²) >= 11 is 0. The highest BCUT2D eigenvalue weighted by Crippen LogP contribution is 2.47. The summed E-state index contributed by atoms with van der Waals surface area (Å²) in [7, 11) is 0. The fourth-order valence-corrected chi connectivity index (χ4v) is 3.60. The minimum absolute atomic E-state index is 0.0393. The summed E-state index contributed by atoms with van der Waals surface area (Å²) in [6.07, 6.45) is -4.80. The first-order valence-electron chi connectivity index (χ1n) is 9.18. The van der Waals surface area contributed by atoms with Crippen molar-refractivity contribution in [1.29, 1.82) is 5.26 Å². The first-order chi connectivity index (χ1) is 14.8. The van der Waals surface area contributed by atoms with Gasteiger partial charge in [-0.15, -0.1) is 0 Å². The third-order valence-electron chi connectivity index (χ3n) is 4.86. The Morgan fingerprint density at radius 1 is 0.742 bits per heavy atom. The standard InChI is InChI=1S/C23H14F5N3/c24-16-8-6-15(7-9-16)21-20(14-29)30(18-4-2-1-3-5-18)31(22(21)23(26,27)28)19-12-10-17(25)11-13-19/h1-13,22H. The van der Waals surface area contributed by atoms with E-state index in [1.807, 2.05) is 6.07 Å².